The van der Waals surface area contributed by atoms with Crippen LogP contribution in [0.1, 0.15) is 71.1 Å². The minimum absolute atomic E-state index is 0.171. The third-order valence-corrected chi connectivity index (χ3v) is 4.69. The number of ether oxygens (including phenoxy) is 1. The molecule has 5 N–H and O–H groups in total. The second kappa shape index (κ2) is 10.6. The molecule has 1 heterocycles. The van der Waals surface area contributed by atoms with Gasteiger partial charge in [0, 0.05) is 6.42 Å². The molecule has 1 saturated heterocycles. The summed E-state index contributed by atoms with van der Waals surface area (Å²) >= 11 is 0. The van der Waals surface area contributed by atoms with E-state index in [-0.39, 0.29) is 6.42 Å². The number of aliphatic hydroxyl groups is 5. The predicted molar refractivity (Wildman–Crippen MR) is 86.8 cm³/mol. The molecule has 0 aromatic rings. The molecule has 1 fully saturated rings. The molecule has 1 aliphatic rings. The lowest BCUT2D eigenvalue weighted by Gasteiger charge is -2.45. The van der Waals surface area contributed by atoms with Crippen molar-refractivity contribution >= 4 is 0 Å². The zero-order valence-corrected chi connectivity index (χ0v) is 14.2. The molecule has 5 atom stereocenters. The number of hydrogen-bond acceptors (Lipinski definition) is 6. The van der Waals surface area contributed by atoms with Gasteiger partial charge in [-0.2, -0.15) is 0 Å². The van der Waals surface area contributed by atoms with Gasteiger partial charge in [-0.25, -0.2) is 0 Å². The van der Waals surface area contributed by atoms with E-state index in [1.54, 1.807) is 0 Å². The maximum atomic E-state index is 10.4. The third-order valence-electron chi connectivity index (χ3n) is 4.69. The van der Waals surface area contributed by atoms with E-state index in [1.807, 2.05) is 0 Å². The Balaban J connectivity index is 2.24. The molecule has 6 heteroatoms. The van der Waals surface area contributed by atoms with Gasteiger partial charge in [-0.05, 0) is 6.42 Å². The van der Waals surface area contributed by atoms with Gasteiger partial charge in [-0.1, -0.05) is 58.3 Å². The van der Waals surface area contributed by atoms with Crippen molar-refractivity contribution in [3.8, 4) is 0 Å². The Morgan fingerprint density at radius 1 is 0.826 bits per heavy atom. The maximum absolute atomic E-state index is 10.4. The fraction of sp³-hybridized carbons (Fsp3) is 1.00. The van der Waals surface area contributed by atoms with Gasteiger partial charge in [0.05, 0.1) is 6.61 Å². The van der Waals surface area contributed by atoms with Gasteiger partial charge < -0.3 is 30.3 Å². The van der Waals surface area contributed by atoms with E-state index in [4.69, 9.17) is 9.84 Å². The molecule has 138 valence electrons. The van der Waals surface area contributed by atoms with E-state index in [9.17, 15) is 20.4 Å². The van der Waals surface area contributed by atoms with Crippen LogP contribution in [0.3, 0.4) is 0 Å². The van der Waals surface area contributed by atoms with Crippen molar-refractivity contribution in [3.05, 3.63) is 0 Å². The Bertz CT molecular complexity index is 311. The summed E-state index contributed by atoms with van der Waals surface area (Å²) in [6.45, 7) is 1.68. The van der Waals surface area contributed by atoms with Crippen LogP contribution in [-0.2, 0) is 4.74 Å². The van der Waals surface area contributed by atoms with Crippen LogP contribution in [0.15, 0.2) is 0 Å². The summed E-state index contributed by atoms with van der Waals surface area (Å²) in [6, 6.07) is 0. The molecule has 0 saturated carbocycles. The zero-order chi connectivity index (χ0) is 17.3. The van der Waals surface area contributed by atoms with Crippen LogP contribution in [0.4, 0.5) is 0 Å². The van der Waals surface area contributed by atoms with E-state index >= 15 is 0 Å². The molecular formula is C17H34O6. The van der Waals surface area contributed by atoms with Crippen LogP contribution in [0, 0.1) is 0 Å². The van der Waals surface area contributed by atoms with Crippen molar-refractivity contribution in [3.63, 3.8) is 0 Å². The predicted octanol–water partition coefficient (Wildman–Crippen LogP) is 1.07. The van der Waals surface area contributed by atoms with E-state index in [0.29, 0.717) is 6.42 Å². The largest absolute Gasteiger partial charge is 0.394 e. The molecular weight excluding hydrogens is 300 g/mol. The summed E-state index contributed by atoms with van der Waals surface area (Å²) in [5, 5.41) is 48.9. The average Bonchev–Trinajstić information content (AvgIpc) is 2.55. The summed E-state index contributed by atoms with van der Waals surface area (Å²) in [5.74, 6) is -1.91. The molecule has 0 aromatic heterocycles. The summed E-state index contributed by atoms with van der Waals surface area (Å²) in [7, 11) is 0. The van der Waals surface area contributed by atoms with E-state index in [0.717, 1.165) is 19.3 Å². The molecule has 0 aromatic carbocycles. The third kappa shape index (κ3) is 6.29. The van der Waals surface area contributed by atoms with Crippen LogP contribution in [-0.4, -0.2) is 62.3 Å². The van der Waals surface area contributed by atoms with Gasteiger partial charge >= 0.3 is 0 Å². The van der Waals surface area contributed by atoms with Crippen molar-refractivity contribution in [2.45, 2.75) is 101 Å². The average molecular weight is 334 g/mol. The number of aliphatic hydroxyl groups excluding tert-OH is 4. The normalized spacial score (nSPS) is 34.7. The lowest BCUT2D eigenvalue weighted by Crippen LogP contribution is -2.65. The van der Waals surface area contributed by atoms with Crippen molar-refractivity contribution in [2.75, 3.05) is 6.61 Å². The highest BCUT2D eigenvalue weighted by Gasteiger charge is 2.51. The molecule has 1 aliphatic heterocycles. The highest BCUT2D eigenvalue weighted by Crippen LogP contribution is 2.32. The Hall–Kier alpha value is -0.240. The number of rotatable bonds is 11. The molecule has 0 unspecified atom stereocenters. The van der Waals surface area contributed by atoms with Gasteiger partial charge in [0.25, 0.3) is 0 Å². The van der Waals surface area contributed by atoms with E-state index in [1.165, 1.54) is 32.1 Å². The fourth-order valence-corrected chi connectivity index (χ4v) is 3.12. The van der Waals surface area contributed by atoms with Gasteiger partial charge in [-0.3, -0.25) is 0 Å². The number of unbranched alkanes of at least 4 members (excludes halogenated alkanes) is 8. The van der Waals surface area contributed by atoms with Crippen molar-refractivity contribution < 1.29 is 30.3 Å². The summed E-state index contributed by atoms with van der Waals surface area (Å²) in [4.78, 5) is 0. The van der Waals surface area contributed by atoms with Crippen LogP contribution < -0.4 is 0 Å². The maximum Gasteiger partial charge on any atom is 0.195 e. The lowest BCUT2D eigenvalue weighted by molar-refractivity contribution is -0.351. The monoisotopic (exact) mass is 334 g/mol. The molecule has 0 spiro atoms. The standard InChI is InChI=1S/C17H34O6/c1-2-3-4-5-6-7-8-9-10-11-17(22)16(21)15(20)14(19)13(12-18)23-17/h13-16,18-22H,2-12H2,1H3/t13-,14-,15+,16-,17-/m1/s1. The fourth-order valence-electron chi connectivity index (χ4n) is 3.12. The number of hydrogen-bond donors (Lipinski definition) is 5. The van der Waals surface area contributed by atoms with Crippen LogP contribution in [0.2, 0.25) is 0 Å². The molecule has 0 aliphatic carbocycles. The Morgan fingerprint density at radius 2 is 1.35 bits per heavy atom. The highest BCUT2D eigenvalue weighted by molar-refractivity contribution is 4.95. The smallest absolute Gasteiger partial charge is 0.195 e. The Morgan fingerprint density at radius 3 is 1.87 bits per heavy atom. The molecule has 6 nitrogen and oxygen atoms in total. The summed E-state index contributed by atoms with van der Waals surface area (Å²) < 4.78 is 5.24. The minimum atomic E-state index is -1.91. The van der Waals surface area contributed by atoms with Crippen molar-refractivity contribution in [1.29, 1.82) is 0 Å². The molecule has 0 amide bonds. The second-order valence-corrected chi connectivity index (χ2v) is 6.69. The molecule has 0 radical (unpaired) electrons. The second-order valence-electron chi connectivity index (χ2n) is 6.69. The van der Waals surface area contributed by atoms with E-state index in [2.05, 4.69) is 6.92 Å². The minimum Gasteiger partial charge on any atom is -0.394 e. The van der Waals surface area contributed by atoms with Crippen molar-refractivity contribution in [2.24, 2.45) is 0 Å². The van der Waals surface area contributed by atoms with Crippen LogP contribution in [0.5, 0.6) is 0 Å². The van der Waals surface area contributed by atoms with Gasteiger partial charge in [0.2, 0.25) is 0 Å². The van der Waals surface area contributed by atoms with E-state index < -0.39 is 36.8 Å². The molecule has 0 bridgehead atoms. The van der Waals surface area contributed by atoms with Crippen LogP contribution in [0.25, 0.3) is 0 Å². The topological polar surface area (TPSA) is 110 Å². The van der Waals surface area contributed by atoms with Crippen LogP contribution >= 0.6 is 0 Å². The quantitative estimate of drug-likeness (QED) is 0.362. The first-order chi connectivity index (χ1) is 11.0. The molecule has 1 rings (SSSR count). The first-order valence-electron chi connectivity index (χ1n) is 9.01. The Kier molecular flexibility index (Phi) is 9.58. The van der Waals surface area contributed by atoms with Crippen molar-refractivity contribution in [1.82, 2.24) is 0 Å². The SMILES string of the molecule is CCCCCCCCCCC[C@@]1(O)O[C@H](CO)[C@@H](O)[C@H](O)[C@H]1O. The Labute approximate surface area is 139 Å². The van der Waals surface area contributed by atoms with Gasteiger partial charge in [-0.15, -0.1) is 0 Å². The summed E-state index contributed by atoms with van der Waals surface area (Å²) in [6.07, 6.45) is 4.69. The first kappa shape index (κ1) is 20.8. The summed E-state index contributed by atoms with van der Waals surface area (Å²) in [5.41, 5.74) is 0. The highest BCUT2D eigenvalue weighted by atomic mass is 16.7. The lowest BCUT2D eigenvalue weighted by atomic mass is 9.89. The van der Waals surface area contributed by atoms with Gasteiger partial charge in [0.15, 0.2) is 5.79 Å². The zero-order valence-electron chi connectivity index (χ0n) is 14.2. The molecule has 23 heavy (non-hydrogen) atoms. The first-order valence-corrected chi connectivity index (χ1v) is 9.01. The van der Waals surface area contributed by atoms with Gasteiger partial charge in [0.1, 0.15) is 24.4 Å².